The van der Waals surface area contributed by atoms with Crippen LogP contribution in [-0.2, 0) is 9.84 Å². The van der Waals surface area contributed by atoms with Crippen LogP contribution in [0, 0.1) is 0 Å². The van der Waals surface area contributed by atoms with Gasteiger partial charge in [-0.25, -0.2) is 8.42 Å². The molecule has 0 aliphatic carbocycles. The molecule has 1 fully saturated rings. The maximum Gasteiger partial charge on any atom is 0.269 e. The second-order valence-electron chi connectivity index (χ2n) is 6.03. The van der Waals surface area contributed by atoms with E-state index < -0.39 is 15.4 Å². The van der Waals surface area contributed by atoms with Crippen LogP contribution < -0.4 is 5.32 Å². The van der Waals surface area contributed by atoms with Gasteiger partial charge in [0.15, 0.2) is 9.84 Å². The lowest BCUT2D eigenvalue weighted by atomic mass is 10.0. The molecule has 1 saturated heterocycles. The molecule has 0 bridgehead atoms. The highest BCUT2D eigenvalue weighted by Crippen LogP contribution is 2.24. The minimum atomic E-state index is -3.08. The number of aromatic amines is 1. The minimum absolute atomic E-state index is 0.0406. The number of halogens is 1. The Bertz CT molecular complexity index is 862. The molecule has 2 heterocycles. The third-order valence-electron chi connectivity index (χ3n) is 3.86. The number of hydrogen-bond donors (Lipinski definition) is 2. The largest absolute Gasteiger partial charge is 0.345 e. The number of aromatic nitrogens is 2. The summed E-state index contributed by atoms with van der Waals surface area (Å²) in [4.78, 5) is 12.3. The molecule has 6 nitrogen and oxygen atoms in total. The van der Waals surface area contributed by atoms with Gasteiger partial charge in [-0.15, -0.1) is 0 Å². The van der Waals surface area contributed by atoms with Crippen LogP contribution in [-0.4, -0.2) is 41.6 Å². The molecule has 1 aliphatic heterocycles. The van der Waals surface area contributed by atoms with Gasteiger partial charge in [-0.05, 0) is 31.5 Å². The number of nitrogens with zero attached hydrogens (tertiary/aromatic N) is 1. The van der Waals surface area contributed by atoms with Crippen molar-refractivity contribution in [2.45, 2.75) is 18.9 Å². The zero-order chi connectivity index (χ0) is 16.7. The molecule has 0 spiro atoms. The Morgan fingerprint density at radius 1 is 1.39 bits per heavy atom. The number of nitrogens with one attached hydrogen (secondary N) is 2. The summed E-state index contributed by atoms with van der Waals surface area (Å²) in [5.74, 6) is -0.313. The van der Waals surface area contributed by atoms with E-state index in [4.69, 9.17) is 11.6 Å². The molecule has 0 radical (unpaired) electrons. The zero-order valence-corrected chi connectivity index (χ0v) is 14.0. The molecule has 2 N–H and O–H groups in total. The normalized spacial score (nSPS) is 22.9. The van der Waals surface area contributed by atoms with Crippen molar-refractivity contribution in [1.82, 2.24) is 15.5 Å². The van der Waals surface area contributed by atoms with E-state index >= 15 is 0 Å². The fourth-order valence-corrected chi connectivity index (χ4v) is 4.97. The van der Waals surface area contributed by atoms with Crippen molar-refractivity contribution in [1.29, 1.82) is 0 Å². The molecule has 1 unspecified atom stereocenters. The Kier molecular flexibility index (Phi) is 3.93. The molecule has 1 amide bonds. The topological polar surface area (TPSA) is 91.9 Å². The monoisotopic (exact) mass is 353 g/mol. The molecule has 1 aliphatic rings. The van der Waals surface area contributed by atoms with Crippen molar-refractivity contribution in [3.8, 4) is 11.3 Å². The van der Waals surface area contributed by atoms with Crippen LogP contribution in [0.25, 0.3) is 11.3 Å². The van der Waals surface area contributed by atoms with Gasteiger partial charge in [0.05, 0.1) is 22.7 Å². The summed E-state index contributed by atoms with van der Waals surface area (Å²) in [6.45, 7) is 1.74. The van der Waals surface area contributed by atoms with Gasteiger partial charge in [0.1, 0.15) is 5.69 Å². The molecule has 1 atom stereocenters. The SMILES string of the molecule is CC1(NC(=O)c2cc(-c3cccc(Cl)c3)n[nH]2)CCS(=O)(=O)C1. The highest BCUT2D eigenvalue weighted by molar-refractivity contribution is 7.91. The number of benzene rings is 1. The van der Waals surface area contributed by atoms with E-state index in [0.29, 0.717) is 17.1 Å². The first-order chi connectivity index (χ1) is 10.8. The van der Waals surface area contributed by atoms with E-state index in [2.05, 4.69) is 15.5 Å². The van der Waals surface area contributed by atoms with Crippen molar-refractivity contribution < 1.29 is 13.2 Å². The fraction of sp³-hybridized carbons (Fsp3) is 0.333. The van der Waals surface area contributed by atoms with E-state index in [1.807, 2.05) is 6.07 Å². The molecule has 122 valence electrons. The lowest BCUT2D eigenvalue weighted by molar-refractivity contribution is 0.0910. The van der Waals surface area contributed by atoms with Crippen LogP contribution >= 0.6 is 11.6 Å². The van der Waals surface area contributed by atoms with E-state index in [9.17, 15) is 13.2 Å². The van der Waals surface area contributed by atoms with Crippen LogP contribution in [0.5, 0.6) is 0 Å². The Balaban J connectivity index is 1.77. The Morgan fingerprint density at radius 2 is 2.17 bits per heavy atom. The average Bonchev–Trinajstić information content (AvgIpc) is 3.04. The molecular weight excluding hydrogens is 338 g/mol. The van der Waals surface area contributed by atoms with Crippen LogP contribution in [0.15, 0.2) is 30.3 Å². The second kappa shape index (κ2) is 5.65. The summed E-state index contributed by atoms with van der Waals surface area (Å²) in [7, 11) is -3.08. The highest BCUT2D eigenvalue weighted by Gasteiger charge is 2.39. The minimum Gasteiger partial charge on any atom is -0.345 e. The number of carbonyl (C=O) groups is 1. The lowest BCUT2D eigenvalue weighted by Gasteiger charge is -2.23. The maximum atomic E-state index is 12.3. The molecule has 8 heteroatoms. The number of hydrogen-bond acceptors (Lipinski definition) is 4. The first-order valence-electron chi connectivity index (χ1n) is 7.11. The zero-order valence-electron chi connectivity index (χ0n) is 12.5. The van der Waals surface area contributed by atoms with Crippen molar-refractivity contribution in [3.63, 3.8) is 0 Å². The molecule has 0 saturated carbocycles. The number of sulfone groups is 1. The molecule has 3 rings (SSSR count). The Labute approximate surface area is 139 Å². The summed E-state index contributed by atoms with van der Waals surface area (Å²) in [6, 6.07) is 8.77. The number of amides is 1. The van der Waals surface area contributed by atoms with Gasteiger partial charge in [0.2, 0.25) is 0 Å². The van der Waals surface area contributed by atoms with Gasteiger partial charge in [-0.2, -0.15) is 5.10 Å². The molecule has 1 aromatic heterocycles. The van der Waals surface area contributed by atoms with Gasteiger partial charge < -0.3 is 5.32 Å². The maximum absolute atomic E-state index is 12.3. The molecule has 23 heavy (non-hydrogen) atoms. The Hall–Kier alpha value is -1.86. The highest BCUT2D eigenvalue weighted by atomic mass is 35.5. The van der Waals surface area contributed by atoms with Crippen molar-refractivity contribution >= 4 is 27.3 Å². The third-order valence-corrected chi connectivity index (χ3v) is 6.00. The van der Waals surface area contributed by atoms with Crippen molar-refractivity contribution in [2.24, 2.45) is 0 Å². The summed E-state index contributed by atoms with van der Waals surface area (Å²) >= 11 is 5.95. The van der Waals surface area contributed by atoms with E-state index in [1.165, 1.54) is 0 Å². The summed E-state index contributed by atoms with van der Waals surface area (Å²) in [6.07, 6.45) is 0.413. The number of rotatable bonds is 3. The summed E-state index contributed by atoms with van der Waals surface area (Å²) in [5, 5.41) is 10.2. The van der Waals surface area contributed by atoms with Crippen LogP contribution in [0.4, 0.5) is 0 Å². The predicted molar refractivity (Wildman–Crippen MR) is 88.2 cm³/mol. The summed E-state index contributed by atoms with van der Waals surface area (Å²) in [5.41, 5.74) is 0.937. The van der Waals surface area contributed by atoms with E-state index in [1.54, 1.807) is 31.2 Å². The third kappa shape index (κ3) is 3.56. The van der Waals surface area contributed by atoms with Crippen LogP contribution in [0.3, 0.4) is 0 Å². The standard InChI is InChI=1S/C15H16ClN3O3S/c1-15(5-6-23(21,22)9-15)17-14(20)13-8-12(18-19-13)10-3-2-4-11(16)7-10/h2-4,7-8H,5-6,9H2,1H3,(H,17,20)(H,18,19). The fourth-order valence-electron chi connectivity index (χ4n) is 2.68. The number of H-pyrrole nitrogens is 1. The first-order valence-corrected chi connectivity index (χ1v) is 9.31. The average molecular weight is 354 g/mol. The van der Waals surface area contributed by atoms with E-state index in [-0.39, 0.29) is 23.1 Å². The molecule has 1 aromatic carbocycles. The number of carbonyl (C=O) groups excluding carboxylic acids is 1. The predicted octanol–water partition coefficient (Wildman–Crippen LogP) is 2.04. The molecular formula is C15H16ClN3O3S. The van der Waals surface area contributed by atoms with Crippen LogP contribution in [0.1, 0.15) is 23.8 Å². The van der Waals surface area contributed by atoms with Gasteiger partial charge in [0, 0.05) is 10.6 Å². The second-order valence-corrected chi connectivity index (χ2v) is 8.65. The van der Waals surface area contributed by atoms with Gasteiger partial charge in [-0.3, -0.25) is 9.89 Å². The van der Waals surface area contributed by atoms with Gasteiger partial charge >= 0.3 is 0 Å². The smallest absolute Gasteiger partial charge is 0.269 e. The quantitative estimate of drug-likeness (QED) is 0.883. The van der Waals surface area contributed by atoms with Gasteiger partial charge in [0.25, 0.3) is 5.91 Å². The summed E-state index contributed by atoms with van der Waals surface area (Å²) < 4.78 is 23.2. The lowest BCUT2D eigenvalue weighted by Crippen LogP contribution is -2.47. The Morgan fingerprint density at radius 3 is 2.83 bits per heavy atom. The first kappa shape index (κ1) is 16.0. The van der Waals surface area contributed by atoms with Crippen LogP contribution in [0.2, 0.25) is 5.02 Å². The van der Waals surface area contributed by atoms with Crippen molar-refractivity contribution in [2.75, 3.05) is 11.5 Å². The van der Waals surface area contributed by atoms with E-state index in [0.717, 1.165) is 5.56 Å². The van der Waals surface area contributed by atoms with Gasteiger partial charge in [-0.1, -0.05) is 23.7 Å². The molecule has 2 aromatic rings. The van der Waals surface area contributed by atoms with Crippen molar-refractivity contribution in [3.05, 3.63) is 41.0 Å².